The fourth-order valence-corrected chi connectivity index (χ4v) is 2.53. The van der Waals surface area contributed by atoms with Crippen molar-refractivity contribution < 1.29 is 19.6 Å². The van der Waals surface area contributed by atoms with Crippen LogP contribution in [0.4, 0.5) is 0 Å². The van der Waals surface area contributed by atoms with Crippen molar-refractivity contribution >= 4 is 17.7 Å². The highest BCUT2D eigenvalue weighted by molar-refractivity contribution is 6.12. The van der Waals surface area contributed by atoms with Gasteiger partial charge in [0, 0.05) is 38.5 Å². The van der Waals surface area contributed by atoms with Gasteiger partial charge in [0.15, 0.2) is 5.54 Å². The molecule has 138 valence electrons. The van der Waals surface area contributed by atoms with E-state index in [0.717, 1.165) is 16.0 Å². The van der Waals surface area contributed by atoms with Gasteiger partial charge in [0.1, 0.15) is 0 Å². The van der Waals surface area contributed by atoms with E-state index in [4.69, 9.17) is 5.21 Å². The van der Waals surface area contributed by atoms with Gasteiger partial charge in [-0.15, -0.1) is 0 Å². The number of aryl methyl sites for hydroxylation is 1. The first-order valence-electron chi connectivity index (χ1n) is 7.79. The van der Waals surface area contributed by atoms with Gasteiger partial charge < -0.3 is 10.2 Å². The second-order valence-electron chi connectivity index (χ2n) is 5.94. The molecule has 2 aromatic rings. The van der Waals surface area contributed by atoms with E-state index in [2.05, 4.69) is 10.4 Å². The number of hydrogen-bond donors (Lipinski definition) is 3. The van der Waals surface area contributed by atoms with E-state index in [-0.39, 0.29) is 0 Å². The number of nitrogens with zero attached hydrogens (tertiary/aromatic N) is 3. The SMILES string of the molecule is CNC(=O)C(C)(C(=O)NO)N(C)C(=O)c1ccc(-c2cnn(C)c2)cc1. The second-order valence-corrected chi connectivity index (χ2v) is 5.94. The Morgan fingerprint density at radius 3 is 2.23 bits per heavy atom. The third-order valence-electron chi connectivity index (χ3n) is 4.36. The zero-order chi connectivity index (χ0) is 19.5. The number of amides is 3. The quantitative estimate of drug-likeness (QED) is 0.400. The van der Waals surface area contributed by atoms with Crippen LogP contribution in [-0.4, -0.2) is 57.2 Å². The van der Waals surface area contributed by atoms with Crippen LogP contribution in [0.15, 0.2) is 36.7 Å². The molecule has 1 unspecified atom stereocenters. The molecule has 3 amide bonds. The van der Waals surface area contributed by atoms with Crippen molar-refractivity contribution in [2.45, 2.75) is 12.5 Å². The van der Waals surface area contributed by atoms with Crippen LogP contribution in [-0.2, 0) is 16.6 Å². The molecule has 0 radical (unpaired) electrons. The summed E-state index contributed by atoms with van der Waals surface area (Å²) >= 11 is 0. The maximum atomic E-state index is 12.8. The molecule has 0 aliphatic carbocycles. The first-order chi connectivity index (χ1) is 12.2. The Kier molecular flexibility index (Phi) is 5.41. The molecule has 0 aliphatic rings. The van der Waals surface area contributed by atoms with Crippen LogP contribution in [0.25, 0.3) is 11.1 Å². The highest BCUT2D eigenvalue weighted by Crippen LogP contribution is 2.22. The topological polar surface area (TPSA) is 117 Å². The molecule has 9 heteroatoms. The third-order valence-corrected chi connectivity index (χ3v) is 4.36. The minimum atomic E-state index is -1.91. The Labute approximate surface area is 150 Å². The molecule has 9 nitrogen and oxygen atoms in total. The Morgan fingerprint density at radius 1 is 1.15 bits per heavy atom. The molecule has 0 aliphatic heterocycles. The summed E-state index contributed by atoms with van der Waals surface area (Å²) in [7, 11) is 4.47. The van der Waals surface area contributed by atoms with Crippen LogP contribution in [0.1, 0.15) is 17.3 Å². The summed E-state index contributed by atoms with van der Waals surface area (Å²) < 4.78 is 1.67. The number of aromatic nitrogens is 2. The van der Waals surface area contributed by atoms with E-state index in [0.29, 0.717) is 5.56 Å². The lowest BCUT2D eigenvalue weighted by Crippen LogP contribution is -2.64. The Morgan fingerprint density at radius 2 is 1.77 bits per heavy atom. The van der Waals surface area contributed by atoms with Gasteiger partial charge in [0.2, 0.25) is 0 Å². The molecule has 1 aromatic carbocycles. The number of benzene rings is 1. The fraction of sp³-hybridized carbons (Fsp3) is 0.294. The van der Waals surface area contributed by atoms with Crippen LogP contribution in [0, 0.1) is 0 Å². The van der Waals surface area contributed by atoms with Crippen molar-refractivity contribution in [2.75, 3.05) is 14.1 Å². The largest absolute Gasteiger partial charge is 0.357 e. The third kappa shape index (κ3) is 3.29. The zero-order valence-electron chi connectivity index (χ0n) is 15.0. The minimum Gasteiger partial charge on any atom is -0.357 e. The number of nitrogens with one attached hydrogen (secondary N) is 2. The standard InChI is InChI=1S/C17H21N5O4/c1-17(15(24)18-2,16(25)20-26)22(4)14(23)12-7-5-11(6-8-12)13-9-19-21(3)10-13/h5-10,26H,1-4H3,(H,18,24)(H,20,25). The molecule has 2 rings (SSSR count). The van der Waals surface area contributed by atoms with Gasteiger partial charge in [0.25, 0.3) is 17.7 Å². The number of carbonyl (C=O) groups excluding carboxylic acids is 3. The predicted octanol–water partition coefficient (Wildman–Crippen LogP) is 0.169. The number of hydroxylamine groups is 1. The Balaban J connectivity index is 2.31. The van der Waals surface area contributed by atoms with Crippen LogP contribution in [0.3, 0.4) is 0 Å². The Hall–Kier alpha value is -3.20. The molecule has 3 N–H and O–H groups in total. The van der Waals surface area contributed by atoms with E-state index in [1.165, 1.54) is 26.5 Å². The van der Waals surface area contributed by atoms with Gasteiger partial charge in [-0.1, -0.05) is 12.1 Å². The molecule has 1 atom stereocenters. The van der Waals surface area contributed by atoms with Gasteiger partial charge in [-0.25, -0.2) is 5.48 Å². The van der Waals surface area contributed by atoms with Crippen LogP contribution >= 0.6 is 0 Å². The summed E-state index contributed by atoms with van der Waals surface area (Å²) in [5.74, 6) is -2.29. The molecule has 0 saturated heterocycles. The van der Waals surface area contributed by atoms with E-state index in [1.54, 1.807) is 35.1 Å². The normalized spacial score (nSPS) is 12.8. The van der Waals surface area contributed by atoms with Gasteiger partial charge in [-0.3, -0.25) is 24.3 Å². The minimum absolute atomic E-state index is 0.293. The Bertz CT molecular complexity index is 812. The van der Waals surface area contributed by atoms with E-state index >= 15 is 0 Å². The molecule has 1 heterocycles. The smallest absolute Gasteiger partial charge is 0.278 e. The molecule has 0 bridgehead atoms. The van der Waals surface area contributed by atoms with Gasteiger partial charge >= 0.3 is 0 Å². The van der Waals surface area contributed by atoms with Crippen molar-refractivity contribution in [3.63, 3.8) is 0 Å². The second kappa shape index (κ2) is 7.36. The predicted molar refractivity (Wildman–Crippen MR) is 93.1 cm³/mol. The highest BCUT2D eigenvalue weighted by atomic mass is 16.5. The maximum absolute atomic E-state index is 12.8. The lowest BCUT2D eigenvalue weighted by molar-refractivity contribution is -0.148. The zero-order valence-corrected chi connectivity index (χ0v) is 15.0. The summed E-state index contributed by atoms with van der Waals surface area (Å²) in [5.41, 5.74) is 1.59. The van der Waals surface area contributed by atoms with E-state index in [9.17, 15) is 14.4 Å². The van der Waals surface area contributed by atoms with Gasteiger partial charge in [-0.2, -0.15) is 5.10 Å². The van der Waals surface area contributed by atoms with E-state index < -0.39 is 23.3 Å². The first-order valence-corrected chi connectivity index (χ1v) is 7.79. The van der Waals surface area contributed by atoms with Crippen molar-refractivity contribution in [1.29, 1.82) is 0 Å². The number of carbonyl (C=O) groups is 3. The summed E-state index contributed by atoms with van der Waals surface area (Å²) in [6, 6.07) is 6.70. The lowest BCUT2D eigenvalue weighted by Gasteiger charge is -2.34. The van der Waals surface area contributed by atoms with Crippen LogP contribution in [0.2, 0.25) is 0 Å². The summed E-state index contributed by atoms with van der Waals surface area (Å²) in [6.07, 6.45) is 3.55. The molecule has 0 spiro atoms. The molecule has 1 aromatic heterocycles. The number of likely N-dealkylation sites (N-methyl/N-ethyl adjacent to an activating group) is 2. The van der Waals surface area contributed by atoms with Gasteiger partial charge in [-0.05, 0) is 24.6 Å². The first kappa shape index (κ1) is 19.1. The van der Waals surface area contributed by atoms with Crippen LogP contribution in [0.5, 0.6) is 0 Å². The maximum Gasteiger partial charge on any atom is 0.278 e. The van der Waals surface area contributed by atoms with Crippen molar-refractivity contribution in [3.8, 4) is 11.1 Å². The fourth-order valence-electron chi connectivity index (χ4n) is 2.53. The van der Waals surface area contributed by atoms with Crippen molar-refractivity contribution in [3.05, 3.63) is 42.2 Å². The van der Waals surface area contributed by atoms with E-state index in [1.807, 2.05) is 13.2 Å². The van der Waals surface area contributed by atoms with Crippen LogP contribution < -0.4 is 10.8 Å². The van der Waals surface area contributed by atoms with Gasteiger partial charge in [0.05, 0.1) is 6.20 Å². The number of rotatable bonds is 5. The highest BCUT2D eigenvalue weighted by Gasteiger charge is 2.47. The average Bonchev–Trinajstić information content (AvgIpc) is 3.11. The lowest BCUT2D eigenvalue weighted by atomic mass is 9.96. The molecular formula is C17H21N5O4. The van der Waals surface area contributed by atoms with Crippen molar-refractivity contribution in [2.24, 2.45) is 7.05 Å². The summed E-state index contributed by atoms with van der Waals surface area (Å²) in [6.45, 7) is 1.25. The molecular weight excluding hydrogens is 338 g/mol. The molecule has 0 fully saturated rings. The average molecular weight is 359 g/mol. The molecule has 0 saturated carbocycles. The van der Waals surface area contributed by atoms with Crippen molar-refractivity contribution in [1.82, 2.24) is 25.5 Å². The molecule has 26 heavy (non-hydrogen) atoms. The summed E-state index contributed by atoms with van der Waals surface area (Å²) in [4.78, 5) is 37.9. The summed E-state index contributed by atoms with van der Waals surface area (Å²) in [5, 5.41) is 15.4. The monoisotopic (exact) mass is 359 g/mol. The number of hydrogen-bond acceptors (Lipinski definition) is 5.